The van der Waals surface area contributed by atoms with Gasteiger partial charge in [-0.1, -0.05) is 34.6 Å². The highest BCUT2D eigenvalue weighted by Crippen LogP contribution is 2.65. The van der Waals surface area contributed by atoms with Gasteiger partial charge in [0.2, 0.25) is 17.6 Å². The maximum absolute atomic E-state index is 13.7. The molecule has 10 nitrogen and oxygen atoms in total. The molecular weight excluding hydrogens is 497 g/mol. The molecule has 0 aromatic heterocycles. The predicted molar refractivity (Wildman–Crippen MR) is 126 cm³/mol. The lowest BCUT2D eigenvalue weighted by Gasteiger charge is -2.38. The fourth-order valence-corrected chi connectivity index (χ4v) is 4.92. The number of ketones is 1. The second-order valence-electron chi connectivity index (χ2n) is 12.4. The Kier molecular flexibility index (Phi) is 8.03. The van der Waals surface area contributed by atoms with Gasteiger partial charge in [0.25, 0.3) is 5.91 Å². The highest BCUT2D eigenvalue weighted by molar-refractivity contribution is 6.37. The van der Waals surface area contributed by atoms with Crippen LogP contribution in [0.1, 0.15) is 61.8 Å². The summed E-state index contributed by atoms with van der Waals surface area (Å²) in [6.45, 7) is 13.9. The van der Waals surface area contributed by atoms with Crippen LogP contribution in [0.15, 0.2) is 0 Å². The Hall–Kier alpha value is -2.86. The van der Waals surface area contributed by atoms with E-state index in [0.29, 0.717) is 0 Å². The van der Waals surface area contributed by atoms with E-state index in [1.165, 1.54) is 4.90 Å². The summed E-state index contributed by atoms with van der Waals surface area (Å²) in [6.07, 6.45) is -7.50. The number of piperidine rings is 1. The monoisotopic (exact) mass is 534 g/mol. The third-order valence-electron chi connectivity index (χ3n) is 6.85. The molecule has 1 aliphatic heterocycles. The maximum Gasteiger partial charge on any atom is 0.408 e. The summed E-state index contributed by atoms with van der Waals surface area (Å²) in [6, 6.07) is -4.56. The number of nitrogens with one attached hydrogen (secondary N) is 2. The zero-order valence-corrected chi connectivity index (χ0v) is 22.4. The van der Waals surface area contributed by atoms with Crippen molar-refractivity contribution in [3.8, 4) is 0 Å². The number of fused-ring (bicyclic) bond motifs is 1. The van der Waals surface area contributed by atoms with E-state index in [1.807, 2.05) is 19.2 Å². The van der Waals surface area contributed by atoms with E-state index in [9.17, 15) is 37.1 Å². The zero-order valence-electron chi connectivity index (χ0n) is 22.4. The number of rotatable bonds is 7. The molecule has 0 radical (unpaired) electrons. The van der Waals surface area contributed by atoms with Crippen molar-refractivity contribution in [2.45, 2.75) is 91.7 Å². The van der Waals surface area contributed by atoms with Crippen molar-refractivity contribution >= 4 is 29.6 Å². The molecule has 1 aliphatic carbocycles. The van der Waals surface area contributed by atoms with Gasteiger partial charge in [-0.15, -0.1) is 0 Å². The molecule has 37 heavy (non-hydrogen) atoms. The Balaban J connectivity index is 2.35. The molecule has 5 atom stereocenters. The molecule has 2 rings (SSSR count). The standard InChI is InChI=1S/C24H37F3N4O6/c1-21(2,3)16(30-20(36)37-22(4,5)6)19(35)31-10-11-13(23(11,7)8)14(31)18(34)29-12(9-24(25,26)27)15(32)17(28)33/h11-14,16H,9-10H2,1-8H3,(H2,28,33)(H,29,34)(H,30,36). The Labute approximate surface area is 214 Å². The number of Topliss-reactive ketones (excluding diaryl/α,β-unsaturated/α-hetero) is 1. The molecule has 4 N–H and O–H groups in total. The summed E-state index contributed by atoms with van der Waals surface area (Å²) < 4.78 is 44.5. The Morgan fingerprint density at radius 2 is 1.57 bits per heavy atom. The molecule has 0 spiro atoms. The third kappa shape index (κ3) is 7.13. The first-order valence-electron chi connectivity index (χ1n) is 12.0. The SMILES string of the molecule is CC(C)(C)OC(=O)NC(C(=O)N1CC2C(C1C(=O)NC(CC(F)(F)F)C(=O)C(N)=O)C2(C)C)C(C)(C)C. The van der Waals surface area contributed by atoms with Crippen molar-refractivity contribution in [1.82, 2.24) is 15.5 Å². The summed E-state index contributed by atoms with van der Waals surface area (Å²) in [5.74, 6) is -5.34. The number of alkyl carbamates (subject to hydrolysis) is 1. The van der Waals surface area contributed by atoms with Crippen LogP contribution in [-0.2, 0) is 23.9 Å². The molecule has 4 amide bonds. The fraction of sp³-hybridized carbons (Fsp3) is 0.792. The number of alkyl halides is 3. The van der Waals surface area contributed by atoms with Gasteiger partial charge in [-0.3, -0.25) is 19.2 Å². The highest BCUT2D eigenvalue weighted by atomic mass is 19.4. The number of hydrogen-bond acceptors (Lipinski definition) is 6. The third-order valence-corrected chi connectivity index (χ3v) is 6.85. The number of halogens is 3. The average Bonchev–Trinajstić information content (AvgIpc) is 3.03. The molecule has 0 aromatic rings. The minimum atomic E-state index is -4.87. The molecule has 5 unspecified atom stereocenters. The van der Waals surface area contributed by atoms with Gasteiger partial charge in [-0.2, -0.15) is 13.2 Å². The van der Waals surface area contributed by atoms with Crippen LogP contribution < -0.4 is 16.4 Å². The van der Waals surface area contributed by atoms with Crippen molar-refractivity contribution in [2.75, 3.05) is 6.54 Å². The van der Waals surface area contributed by atoms with Gasteiger partial charge < -0.3 is 26.0 Å². The van der Waals surface area contributed by atoms with Gasteiger partial charge in [-0.25, -0.2) is 4.79 Å². The van der Waals surface area contributed by atoms with Crippen molar-refractivity contribution in [3.63, 3.8) is 0 Å². The van der Waals surface area contributed by atoms with E-state index in [4.69, 9.17) is 10.5 Å². The summed E-state index contributed by atoms with van der Waals surface area (Å²) in [5, 5.41) is 4.57. The predicted octanol–water partition coefficient (Wildman–Crippen LogP) is 1.90. The van der Waals surface area contributed by atoms with E-state index >= 15 is 0 Å². The van der Waals surface area contributed by atoms with E-state index < -0.39 is 77.3 Å². The van der Waals surface area contributed by atoms with Crippen molar-refractivity contribution < 1.29 is 41.9 Å². The lowest BCUT2D eigenvalue weighted by molar-refractivity contribution is -0.155. The molecule has 210 valence electrons. The van der Waals surface area contributed by atoms with Gasteiger partial charge in [0.05, 0.1) is 6.42 Å². The largest absolute Gasteiger partial charge is 0.444 e. The number of likely N-dealkylation sites (tertiary alicyclic amines) is 1. The highest BCUT2D eigenvalue weighted by Gasteiger charge is 2.70. The summed E-state index contributed by atoms with van der Waals surface area (Å²) in [4.78, 5) is 64.1. The molecule has 13 heteroatoms. The van der Waals surface area contributed by atoms with E-state index in [1.54, 1.807) is 41.5 Å². The van der Waals surface area contributed by atoms with E-state index in [2.05, 4.69) is 5.32 Å². The molecule has 0 aromatic carbocycles. The average molecular weight is 535 g/mol. The lowest BCUT2D eigenvalue weighted by atomic mass is 9.85. The maximum atomic E-state index is 13.7. The van der Waals surface area contributed by atoms with Crippen LogP contribution >= 0.6 is 0 Å². The summed E-state index contributed by atoms with van der Waals surface area (Å²) in [5.41, 5.74) is 2.85. The van der Waals surface area contributed by atoms with Gasteiger partial charge >= 0.3 is 12.3 Å². The first-order chi connectivity index (χ1) is 16.5. The number of hydrogen-bond donors (Lipinski definition) is 3. The number of carbonyl (C=O) groups excluding carboxylic acids is 5. The topological polar surface area (TPSA) is 148 Å². The second kappa shape index (κ2) is 9.79. The normalized spacial score (nSPS) is 24.4. The molecule has 2 aliphatic rings. The lowest BCUT2D eigenvalue weighted by Crippen LogP contribution is -2.61. The van der Waals surface area contributed by atoms with Crippen molar-refractivity contribution in [3.05, 3.63) is 0 Å². The van der Waals surface area contributed by atoms with Gasteiger partial charge in [-0.05, 0) is 43.4 Å². The molecule has 1 saturated heterocycles. The van der Waals surface area contributed by atoms with Crippen LogP contribution in [0.3, 0.4) is 0 Å². The Morgan fingerprint density at radius 3 is 2.00 bits per heavy atom. The quantitative estimate of drug-likeness (QED) is 0.425. The minimum Gasteiger partial charge on any atom is -0.444 e. The van der Waals surface area contributed by atoms with Crippen LogP contribution in [-0.4, -0.2) is 70.9 Å². The van der Waals surface area contributed by atoms with Crippen molar-refractivity contribution in [1.29, 1.82) is 0 Å². The van der Waals surface area contributed by atoms with Crippen LogP contribution in [0.5, 0.6) is 0 Å². The number of ether oxygens (including phenoxy) is 1. The summed E-state index contributed by atoms with van der Waals surface area (Å²) >= 11 is 0. The van der Waals surface area contributed by atoms with Gasteiger partial charge in [0.15, 0.2) is 0 Å². The number of amides is 4. The first-order valence-corrected chi connectivity index (χ1v) is 12.0. The smallest absolute Gasteiger partial charge is 0.408 e. The van der Waals surface area contributed by atoms with Crippen LogP contribution in [0.2, 0.25) is 0 Å². The van der Waals surface area contributed by atoms with Gasteiger partial charge in [0, 0.05) is 6.54 Å². The molecule has 0 bridgehead atoms. The second-order valence-corrected chi connectivity index (χ2v) is 12.4. The number of carbonyl (C=O) groups is 5. The first kappa shape index (κ1) is 30.4. The Morgan fingerprint density at radius 1 is 1.03 bits per heavy atom. The molecule has 1 saturated carbocycles. The fourth-order valence-electron chi connectivity index (χ4n) is 4.92. The number of primary amides is 1. The number of nitrogens with zero attached hydrogens (tertiary/aromatic N) is 1. The van der Waals surface area contributed by atoms with Crippen LogP contribution in [0, 0.1) is 22.7 Å². The molecule has 1 heterocycles. The van der Waals surface area contributed by atoms with Crippen LogP contribution in [0.25, 0.3) is 0 Å². The van der Waals surface area contributed by atoms with Crippen LogP contribution in [0.4, 0.5) is 18.0 Å². The Bertz CT molecular complexity index is 967. The molecular formula is C24H37F3N4O6. The van der Waals surface area contributed by atoms with E-state index in [0.717, 1.165) is 0 Å². The minimum absolute atomic E-state index is 0.123. The van der Waals surface area contributed by atoms with Crippen molar-refractivity contribution in [2.24, 2.45) is 28.4 Å². The molecule has 2 fully saturated rings. The zero-order chi connectivity index (χ0) is 28.9. The summed E-state index contributed by atoms with van der Waals surface area (Å²) in [7, 11) is 0. The van der Waals surface area contributed by atoms with Gasteiger partial charge in [0.1, 0.15) is 23.7 Å². The van der Waals surface area contributed by atoms with E-state index in [-0.39, 0.29) is 17.9 Å². The number of nitrogens with two attached hydrogens (primary N) is 1.